The van der Waals surface area contributed by atoms with E-state index >= 15 is 0 Å². The van der Waals surface area contributed by atoms with E-state index in [-0.39, 0.29) is 5.91 Å². The maximum atomic E-state index is 11.8. The third-order valence-corrected chi connectivity index (χ3v) is 4.01. The van der Waals surface area contributed by atoms with Gasteiger partial charge in [-0.05, 0) is 22.8 Å². The van der Waals surface area contributed by atoms with E-state index in [0.717, 1.165) is 27.9 Å². The molecule has 0 saturated carbocycles. The molecule has 5 heteroatoms. The van der Waals surface area contributed by atoms with E-state index < -0.39 is 0 Å². The van der Waals surface area contributed by atoms with E-state index in [0.29, 0.717) is 12.1 Å². The van der Waals surface area contributed by atoms with Crippen LogP contribution < -0.4 is 21.9 Å². The quantitative estimate of drug-likeness (QED) is 0.593. The van der Waals surface area contributed by atoms with E-state index in [1.54, 1.807) is 4.90 Å². The molecule has 22 heavy (non-hydrogen) atoms. The van der Waals surface area contributed by atoms with Gasteiger partial charge in [0.15, 0.2) is 0 Å². The van der Waals surface area contributed by atoms with Gasteiger partial charge in [0.25, 0.3) is 0 Å². The molecule has 2 aromatic carbocycles. The van der Waals surface area contributed by atoms with Gasteiger partial charge in [0.2, 0.25) is 5.91 Å². The molecule has 1 aliphatic rings. The van der Waals surface area contributed by atoms with Crippen molar-refractivity contribution in [3.63, 3.8) is 0 Å². The molecule has 5 N–H and O–H groups in total. The van der Waals surface area contributed by atoms with E-state index in [2.05, 4.69) is 11.5 Å². The van der Waals surface area contributed by atoms with Crippen molar-refractivity contribution >= 4 is 17.3 Å². The average molecular weight is 294 g/mol. The second-order valence-electron chi connectivity index (χ2n) is 5.28. The number of benzene rings is 2. The van der Waals surface area contributed by atoms with Crippen molar-refractivity contribution < 1.29 is 4.79 Å². The van der Waals surface area contributed by atoms with Gasteiger partial charge >= 0.3 is 0 Å². The van der Waals surface area contributed by atoms with Crippen LogP contribution in [0.25, 0.3) is 16.8 Å². The first kappa shape index (κ1) is 14.2. The van der Waals surface area contributed by atoms with E-state index in [9.17, 15) is 4.79 Å². The number of likely N-dealkylation sites (N-methyl/N-ethyl adjacent to an activating group) is 1. The molecule has 0 bridgehead atoms. The van der Waals surface area contributed by atoms with Crippen molar-refractivity contribution in [2.75, 3.05) is 11.9 Å². The Labute approximate surface area is 129 Å². The Morgan fingerprint density at radius 3 is 2.50 bits per heavy atom. The highest BCUT2D eigenvalue weighted by atomic mass is 16.2. The molecular weight excluding hydrogens is 276 g/mol. The van der Waals surface area contributed by atoms with Crippen LogP contribution in [-0.4, -0.2) is 13.0 Å². The van der Waals surface area contributed by atoms with Crippen molar-refractivity contribution in [3.8, 4) is 11.1 Å². The minimum Gasteiger partial charge on any atom is -0.403 e. The molecule has 0 aliphatic carbocycles. The number of amides is 1. The van der Waals surface area contributed by atoms with Gasteiger partial charge in [0.05, 0.1) is 12.1 Å². The van der Waals surface area contributed by atoms with Gasteiger partial charge in [-0.15, -0.1) is 0 Å². The zero-order valence-electron chi connectivity index (χ0n) is 12.3. The summed E-state index contributed by atoms with van der Waals surface area (Å²) < 4.78 is 0. The van der Waals surface area contributed by atoms with Crippen molar-refractivity contribution in [3.05, 3.63) is 59.8 Å². The lowest BCUT2D eigenvalue weighted by atomic mass is 10.0. The predicted molar refractivity (Wildman–Crippen MR) is 88.5 cm³/mol. The fourth-order valence-electron chi connectivity index (χ4n) is 2.69. The van der Waals surface area contributed by atoms with E-state index in [4.69, 9.17) is 11.6 Å². The molecule has 2 aromatic rings. The third-order valence-electron chi connectivity index (χ3n) is 4.01. The minimum absolute atomic E-state index is 0.134. The van der Waals surface area contributed by atoms with Crippen LogP contribution in [0.3, 0.4) is 0 Å². The zero-order chi connectivity index (χ0) is 15.7. The van der Waals surface area contributed by atoms with Crippen molar-refractivity contribution in [1.29, 1.82) is 0 Å². The van der Waals surface area contributed by atoms with Crippen LogP contribution in [0.1, 0.15) is 11.1 Å². The number of hydrazine groups is 1. The second-order valence-corrected chi connectivity index (χ2v) is 5.28. The van der Waals surface area contributed by atoms with Gasteiger partial charge < -0.3 is 16.1 Å². The number of hydrogen-bond acceptors (Lipinski definition) is 4. The number of nitrogens with two attached hydrogens (primary N) is 2. The smallest absolute Gasteiger partial charge is 0.231 e. The summed E-state index contributed by atoms with van der Waals surface area (Å²) >= 11 is 0. The SMILES string of the molecule is CN1C(=O)Cc2ccc(-c3ccc(/C(=C/N)NN)cc3)cc21. The number of hydrogen-bond donors (Lipinski definition) is 3. The molecule has 1 aliphatic heterocycles. The Kier molecular flexibility index (Phi) is 3.56. The number of fused-ring (bicyclic) bond motifs is 1. The van der Waals surface area contributed by atoms with Gasteiger partial charge in [-0.2, -0.15) is 0 Å². The highest BCUT2D eigenvalue weighted by Crippen LogP contribution is 2.32. The van der Waals surface area contributed by atoms with Gasteiger partial charge in [-0.25, -0.2) is 0 Å². The number of nitrogens with one attached hydrogen (secondary N) is 1. The number of anilines is 1. The average Bonchev–Trinajstić information content (AvgIpc) is 2.84. The molecule has 0 atom stereocenters. The summed E-state index contributed by atoms with van der Waals surface area (Å²) in [5.41, 5.74) is 13.9. The lowest BCUT2D eigenvalue weighted by Gasteiger charge is -2.12. The van der Waals surface area contributed by atoms with Crippen LogP contribution in [0.2, 0.25) is 0 Å². The number of nitrogens with zero attached hydrogens (tertiary/aromatic N) is 1. The molecule has 112 valence electrons. The number of carbonyl (C=O) groups is 1. The van der Waals surface area contributed by atoms with Crippen LogP contribution in [0, 0.1) is 0 Å². The van der Waals surface area contributed by atoms with Crippen molar-refractivity contribution in [2.45, 2.75) is 6.42 Å². The summed E-state index contributed by atoms with van der Waals surface area (Å²) in [5.74, 6) is 5.55. The van der Waals surface area contributed by atoms with Crippen LogP contribution in [0.4, 0.5) is 5.69 Å². The maximum absolute atomic E-state index is 11.8. The summed E-state index contributed by atoms with van der Waals surface area (Å²) in [6.45, 7) is 0. The van der Waals surface area contributed by atoms with Crippen LogP contribution >= 0.6 is 0 Å². The van der Waals surface area contributed by atoms with Crippen LogP contribution in [0.15, 0.2) is 48.7 Å². The molecular formula is C17H18N4O. The number of rotatable bonds is 3. The first-order chi connectivity index (χ1) is 10.6. The predicted octanol–water partition coefficient (Wildman–Crippen LogP) is 1.59. The van der Waals surface area contributed by atoms with Gasteiger partial charge in [0.1, 0.15) is 0 Å². The monoisotopic (exact) mass is 294 g/mol. The second kappa shape index (κ2) is 5.54. The van der Waals surface area contributed by atoms with Crippen LogP contribution in [0.5, 0.6) is 0 Å². The minimum atomic E-state index is 0.134. The lowest BCUT2D eigenvalue weighted by molar-refractivity contribution is -0.117. The largest absolute Gasteiger partial charge is 0.403 e. The Balaban J connectivity index is 1.94. The molecule has 5 nitrogen and oxygen atoms in total. The molecule has 0 unspecified atom stereocenters. The maximum Gasteiger partial charge on any atom is 0.231 e. The summed E-state index contributed by atoms with van der Waals surface area (Å²) in [7, 11) is 1.81. The van der Waals surface area contributed by atoms with Gasteiger partial charge in [-0.1, -0.05) is 36.4 Å². The summed E-state index contributed by atoms with van der Waals surface area (Å²) in [6, 6.07) is 14.0. The molecule has 0 aromatic heterocycles. The highest BCUT2D eigenvalue weighted by molar-refractivity contribution is 6.01. The Morgan fingerprint density at radius 1 is 1.18 bits per heavy atom. The molecule has 0 spiro atoms. The van der Waals surface area contributed by atoms with Crippen molar-refractivity contribution in [1.82, 2.24) is 5.43 Å². The molecule has 1 amide bonds. The van der Waals surface area contributed by atoms with Gasteiger partial charge in [-0.3, -0.25) is 10.6 Å². The summed E-state index contributed by atoms with van der Waals surface area (Å²) in [4.78, 5) is 13.5. The number of carbonyl (C=O) groups excluding carboxylic acids is 1. The third kappa shape index (κ3) is 2.31. The van der Waals surface area contributed by atoms with Gasteiger partial charge in [0, 0.05) is 24.5 Å². The van der Waals surface area contributed by atoms with E-state index in [1.807, 2.05) is 43.4 Å². The topological polar surface area (TPSA) is 84.4 Å². The first-order valence-corrected chi connectivity index (χ1v) is 7.03. The summed E-state index contributed by atoms with van der Waals surface area (Å²) in [5, 5.41) is 0. The fraction of sp³-hybridized carbons (Fsp3) is 0.118. The normalized spacial score (nSPS) is 14.2. The first-order valence-electron chi connectivity index (χ1n) is 7.03. The standard InChI is InChI=1S/C17H18N4O/c1-21-16-8-13(6-7-14(16)9-17(21)22)11-2-4-12(5-3-11)15(10-18)20-19/h2-8,10,20H,9,18-19H2,1H3/b15-10-. The van der Waals surface area contributed by atoms with Crippen molar-refractivity contribution in [2.24, 2.45) is 11.6 Å². The zero-order valence-corrected chi connectivity index (χ0v) is 12.3. The Hall–Kier alpha value is -2.79. The Morgan fingerprint density at radius 2 is 1.86 bits per heavy atom. The van der Waals surface area contributed by atoms with E-state index in [1.165, 1.54) is 6.20 Å². The molecule has 0 radical (unpaired) electrons. The lowest BCUT2D eigenvalue weighted by Crippen LogP contribution is -2.20. The summed E-state index contributed by atoms with van der Waals surface area (Å²) in [6.07, 6.45) is 1.92. The van der Waals surface area contributed by atoms with Crippen LogP contribution in [-0.2, 0) is 11.2 Å². The molecule has 0 fully saturated rings. The fourth-order valence-corrected chi connectivity index (χ4v) is 2.69. The molecule has 3 rings (SSSR count). The molecule has 1 heterocycles. The molecule has 0 saturated heterocycles. The Bertz CT molecular complexity index is 750. The highest BCUT2D eigenvalue weighted by Gasteiger charge is 2.23.